The SMILES string of the molecule is FC(F)(F)OC(F)(F)C(F)(F)C(F)(F)OC(F)(F)C(F)(F)C(F)(F)OC(F)(F)F. The number of rotatable bonds is 8. The molecule has 0 spiro atoms. The van der Waals surface area contributed by atoms with Crippen LogP contribution in [0.4, 0.5) is 79.0 Å². The smallest absolute Gasteiger partial charge is 0.245 e. The van der Waals surface area contributed by atoms with Crippen molar-refractivity contribution in [3.05, 3.63) is 0 Å². The molecule has 29 heavy (non-hydrogen) atoms. The highest BCUT2D eigenvalue weighted by Gasteiger charge is 2.83. The lowest BCUT2D eigenvalue weighted by molar-refractivity contribution is -0.556. The van der Waals surface area contributed by atoms with E-state index in [0.717, 1.165) is 4.74 Å². The molecule has 0 atom stereocenters. The molecule has 0 heterocycles. The fourth-order valence-corrected chi connectivity index (χ4v) is 1.05. The van der Waals surface area contributed by atoms with Gasteiger partial charge >= 0.3 is 49.0 Å². The zero-order valence-electron chi connectivity index (χ0n) is 12.0. The number of halogens is 18. The average molecular weight is 486 g/mol. The average Bonchev–Trinajstić information content (AvgIpc) is 2.30. The lowest BCUT2D eigenvalue weighted by atomic mass is 10.2. The second-order valence-corrected chi connectivity index (χ2v) is 4.41. The molecule has 0 N–H and O–H groups in total. The molecule has 0 bridgehead atoms. The van der Waals surface area contributed by atoms with E-state index in [4.69, 9.17) is 0 Å². The summed E-state index contributed by atoms with van der Waals surface area (Å²) in [6.07, 6.45) is -44.6. The lowest BCUT2D eigenvalue weighted by Gasteiger charge is -2.36. The highest BCUT2D eigenvalue weighted by Crippen LogP contribution is 2.55. The first-order chi connectivity index (χ1) is 12.1. The minimum atomic E-state index is -7.92. The van der Waals surface area contributed by atoms with Crippen molar-refractivity contribution in [1.29, 1.82) is 0 Å². The van der Waals surface area contributed by atoms with Crippen molar-refractivity contribution in [2.24, 2.45) is 0 Å². The van der Waals surface area contributed by atoms with Crippen LogP contribution < -0.4 is 0 Å². The summed E-state index contributed by atoms with van der Waals surface area (Å²) in [6, 6.07) is 0. The molecule has 0 amide bonds. The lowest BCUT2D eigenvalue weighted by Crippen LogP contribution is -2.64. The maximum absolute atomic E-state index is 12.8. The summed E-state index contributed by atoms with van der Waals surface area (Å²) in [5.74, 6) is -15.8. The molecule has 3 nitrogen and oxygen atoms in total. The molecule has 0 radical (unpaired) electrons. The molecule has 0 saturated heterocycles. The zero-order valence-corrected chi connectivity index (χ0v) is 12.0. The Balaban J connectivity index is 6.01. The van der Waals surface area contributed by atoms with Crippen LogP contribution >= 0.6 is 0 Å². The molecule has 0 unspecified atom stereocenters. The molecule has 0 aromatic carbocycles. The molecule has 0 aromatic heterocycles. The normalized spacial score (nSPS) is 16.3. The van der Waals surface area contributed by atoms with Gasteiger partial charge < -0.3 is 0 Å². The maximum atomic E-state index is 12.8. The van der Waals surface area contributed by atoms with Crippen molar-refractivity contribution in [3.8, 4) is 0 Å². The summed E-state index contributed by atoms with van der Waals surface area (Å²) in [4.78, 5) is 0. The molecule has 0 aromatic rings. The Morgan fingerprint density at radius 1 is 0.276 bits per heavy atom. The molecule has 0 aliphatic carbocycles. The van der Waals surface area contributed by atoms with E-state index in [1.165, 1.54) is 9.47 Å². The first-order valence-electron chi connectivity index (χ1n) is 5.63. The maximum Gasteiger partial charge on any atom is 0.527 e. The van der Waals surface area contributed by atoms with Crippen molar-refractivity contribution < 1.29 is 93.2 Å². The summed E-state index contributed by atoms with van der Waals surface area (Å²) >= 11 is 0. The van der Waals surface area contributed by atoms with Gasteiger partial charge in [0.05, 0.1) is 0 Å². The summed E-state index contributed by atoms with van der Waals surface area (Å²) in [7, 11) is 0. The Labute approximate surface area is 144 Å². The van der Waals surface area contributed by atoms with E-state index in [0.29, 0.717) is 0 Å². The summed E-state index contributed by atoms with van der Waals surface area (Å²) in [6.45, 7) is 0. The van der Waals surface area contributed by atoms with Gasteiger partial charge in [0.15, 0.2) is 0 Å². The Morgan fingerprint density at radius 2 is 0.448 bits per heavy atom. The number of hydrogen-bond acceptors (Lipinski definition) is 3. The molecule has 0 fully saturated rings. The third kappa shape index (κ3) is 5.83. The van der Waals surface area contributed by atoms with E-state index in [9.17, 15) is 79.0 Å². The van der Waals surface area contributed by atoms with E-state index in [2.05, 4.69) is 0 Å². The number of alkyl halides is 18. The van der Waals surface area contributed by atoms with Crippen molar-refractivity contribution in [1.82, 2.24) is 0 Å². The van der Waals surface area contributed by atoms with E-state index in [1.807, 2.05) is 0 Å². The molecular formula is C8F18O3. The predicted molar refractivity (Wildman–Crippen MR) is 45.0 cm³/mol. The van der Waals surface area contributed by atoms with Crippen LogP contribution in [0.25, 0.3) is 0 Å². The van der Waals surface area contributed by atoms with Crippen LogP contribution in [0, 0.1) is 0 Å². The van der Waals surface area contributed by atoms with Crippen LogP contribution in [0.1, 0.15) is 0 Å². The van der Waals surface area contributed by atoms with Gasteiger partial charge in [-0.25, -0.2) is 14.2 Å². The van der Waals surface area contributed by atoms with E-state index in [-0.39, 0.29) is 0 Å². The number of ether oxygens (including phenoxy) is 3. The minimum Gasteiger partial charge on any atom is -0.245 e. The van der Waals surface area contributed by atoms with Gasteiger partial charge in [-0.1, -0.05) is 0 Å². The van der Waals surface area contributed by atoms with Gasteiger partial charge in [-0.3, -0.25) is 0 Å². The quantitative estimate of drug-likeness (QED) is 0.412. The topological polar surface area (TPSA) is 27.7 Å². The monoisotopic (exact) mass is 486 g/mol. The predicted octanol–water partition coefficient (Wildman–Crippen LogP) is 5.72. The van der Waals surface area contributed by atoms with Gasteiger partial charge in [0.2, 0.25) is 0 Å². The first kappa shape index (κ1) is 27.6. The second-order valence-electron chi connectivity index (χ2n) is 4.41. The minimum absolute atomic E-state index is 1.14. The summed E-state index contributed by atoms with van der Waals surface area (Å²) in [5, 5.41) is 0. The van der Waals surface area contributed by atoms with Gasteiger partial charge in [0, 0.05) is 0 Å². The molecule has 176 valence electrons. The van der Waals surface area contributed by atoms with Crippen LogP contribution in [-0.4, -0.2) is 49.0 Å². The van der Waals surface area contributed by atoms with E-state index < -0.39 is 49.0 Å². The fraction of sp³-hybridized carbons (Fsp3) is 1.00. The number of hydrogen-bond donors (Lipinski definition) is 0. The molecular weight excluding hydrogens is 486 g/mol. The second kappa shape index (κ2) is 7.10. The van der Waals surface area contributed by atoms with Crippen LogP contribution in [-0.2, 0) is 14.2 Å². The van der Waals surface area contributed by atoms with Gasteiger partial charge in [-0.15, -0.1) is 26.3 Å². The Hall–Kier alpha value is -1.38. The standard InChI is InChI=1S/C8F18O3/c9-1(10,5(17,18)28-7(21,22)23)3(13,14)27-4(15,16)2(11,12)6(19,20)29-8(24,25)26. The van der Waals surface area contributed by atoms with Crippen LogP contribution in [0.15, 0.2) is 0 Å². The largest absolute Gasteiger partial charge is 0.527 e. The Bertz CT molecular complexity index is 523. The van der Waals surface area contributed by atoms with Gasteiger partial charge in [-0.05, 0) is 0 Å². The van der Waals surface area contributed by atoms with Crippen molar-refractivity contribution >= 4 is 0 Å². The molecule has 21 heteroatoms. The molecule has 0 rings (SSSR count). The molecule has 0 aliphatic rings. The van der Waals surface area contributed by atoms with Crippen LogP contribution in [0.5, 0.6) is 0 Å². The van der Waals surface area contributed by atoms with Gasteiger partial charge in [-0.2, -0.15) is 52.7 Å². The third-order valence-electron chi connectivity index (χ3n) is 2.21. The van der Waals surface area contributed by atoms with Gasteiger partial charge in [0.25, 0.3) is 0 Å². The van der Waals surface area contributed by atoms with Crippen LogP contribution in [0.3, 0.4) is 0 Å². The van der Waals surface area contributed by atoms with Crippen LogP contribution in [0.2, 0.25) is 0 Å². The third-order valence-corrected chi connectivity index (χ3v) is 2.21. The summed E-state index contributed by atoms with van der Waals surface area (Å²) in [5.41, 5.74) is 0. The Morgan fingerprint density at radius 3 is 0.621 bits per heavy atom. The van der Waals surface area contributed by atoms with Crippen molar-refractivity contribution in [2.45, 2.75) is 49.0 Å². The highest BCUT2D eigenvalue weighted by molar-refractivity contribution is 4.92. The molecule has 0 saturated carbocycles. The first-order valence-corrected chi connectivity index (χ1v) is 5.63. The van der Waals surface area contributed by atoms with E-state index in [1.54, 1.807) is 0 Å². The molecule has 0 aliphatic heterocycles. The fourth-order valence-electron chi connectivity index (χ4n) is 1.05. The summed E-state index contributed by atoms with van der Waals surface area (Å²) < 4.78 is 225. The van der Waals surface area contributed by atoms with Crippen molar-refractivity contribution in [2.75, 3.05) is 0 Å². The van der Waals surface area contributed by atoms with Crippen molar-refractivity contribution in [3.63, 3.8) is 0 Å². The van der Waals surface area contributed by atoms with E-state index >= 15 is 0 Å². The van der Waals surface area contributed by atoms with Gasteiger partial charge in [0.1, 0.15) is 0 Å². The highest BCUT2D eigenvalue weighted by atomic mass is 19.4. The zero-order chi connectivity index (χ0) is 24.1. The Kier molecular flexibility index (Phi) is 6.76.